The fraction of sp³-hybridized carbons (Fsp3) is 0.770. The Labute approximate surface area is 496 Å². The lowest BCUT2D eigenvalue weighted by atomic mass is 10.0. The second-order valence-electron chi connectivity index (χ2n) is 23.1. The van der Waals surface area contributed by atoms with E-state index >= 15 is 0 Å². The van der Waals surface area contributed by atoms with E-state index < -0.39 is 6.10 Å². The minimum absolute atomic E-state index is 0.0874. The SMILES string of the molecule is CC/C=C\C/C=C\C/C=C\C/C=C\CCCCCCC(=O)OCC(COC(=O)CCCCCCCCCCCCCCCCCCCCCCCCCCCC)OC(=O)CCCCCCCC/C=C\C/C=C\C/C=C\CCCCC. The van der Waals surface area contributed by atoms with Crippen LogP contribution in [0.3, 0.4) is 0 Å². The van der Waals surface area contributed by atoms with Gasteiger partial charge in [-0.3, -0.25) is 14.4 Å². The van der Waals surface area contributed by atoms with E-state index in [9.17, 15) is 14.4 Å². The van der Waals surface area contributed by atoms with Crippen LogP contribution < -0.4 is 0 Å². The van der Waals surface area contributed by atoms with Crippen LogP contribution in [0.5, 0.6) is 0 Å². The number of allylic oxidation sites excluding steroid dienone is 14. The lowest BCUT2D eigenvalue weighted by molar-refractivity contribution is -0.167. The normalized spacial score (nSPS) is 12.6. The lowest BCUT2D eigenvalue weighted by Gasteiger charge is -2.18. The summed E-state index contributed by atoms with van der Waals surface area (Å²) < 4.78 is 17.0. The number of rotatable bonds is 63. The first-order valence-corrected chi connectivity index (χ1v) is 34.6. The minimum atomic E-state index is -0.795. The van der Waals surface area contributed by atoms with E-state index in [0.717, 1.165) is 122 Å². The van der Waals surface area contributed by atoms with Crippen molar-refractivity contribution in [1.82, 2.24) is 0 Å². The highest BCUT2D eigenvalue weighted by atomic mass is 16.6. The molecule has 0 aliphatic rings. The van der Waals surface area contributed by atoms with E-state index in [2.05, 4.69) is 106 Å². The van der Waals surface area contributed by atoms with E-state index in [4.69, 9.17) is 14.2 Å². The van der Waals surface area contributed by atoms with Gasteiger partial charge in [-0.1, -0.05) is 318 Å². The molecule has 6 nitrogen and oxygen atoms in total. The molecule has 0 amide bonds. The van der Waals surface area contributed by atoms with E-state index in [1.54, 1.807) is 0 Å². The Morgan fingerprint density at radius 3 is 0.787 bits per heavy atom. The van der Waals surface area contributed by atoms with Crippen molar-refractivity contribution in [1.29, 1.82) is 0 Å². The molecule has 0 aliphatic heterocycles. The smallest absolute Gasteiger partial charge is 0.306 e. The molecule has 0 rings (SSSR count). The maximum Gasteiger partial charge on any atom is 0.306 e. The number of carbonyl (C=O) groups is 3. The maximum absolute atomic E-state index is 12.9. The third-order valence-corrected chi connectivity index (χ3v) is 15.1. The summed E-state index contributed by atoms with van der Waals surface area (Å²) in [7, 11) is 0. The summed E-state index contributed by atoms with van der Waals surface area (Å²) in [6, 6.07) is 0. The Kier molecular flexibility index (Phi) is 65.2. The number of carbonyl (C=O) groups excluding carboxylic acids is 3. The number of hydrogen-bond donors (Lipinski definition) is 0. The Balaban J connectivity index is 4.34. The van der Waals surface area contributed by atoms with Crippen LogP contribution in [0.25, 0.3) is 0 Å². The molecule has 0 saturated heterocycles. The number of esters is 3. The zero-order chi connectivity index (χ0) is 57.8. The first-order chi connectivity index (χ1) is 39.5. The van der Waals surface area contributed by atoms with Crippen molar-refractivity contribution in [2.45, 2.75) is 354 Å². The van der Waals surface area contributed by atoms with Crippen LogP contribution in [0.4, 0.5) is 0 Å². The highest BCUT2D eigenvalue weighted by Gasteiger charge is 2.19. The van der Waals surface area contributed by atoms with Crippen molar-refractivity contribution < 1.29 is 28.6 Å². The van der Waals surface area contributed by atoms with Gasteiger partial charge in [0.25, 0.3) is 0 Å². The zero-order valence-electron chi connectivity index (χ0n) is 53.1. The maximum atomic E-state index is 12.9. The molecule has 462 valence electrons. The van der Waals surface area contributed by atoms with E-state index in [1.165, 1.54) is 186 Å². The monoisotopic (exact) mass is 1110 g/mol. The fourth-order valence-corrected chi connectivity index (χ4v) is 9.97. The molecule has 0 aromatic rings. The topological polar surface area (TPSA) is 78.9 Å². The van der Waals surface area contributed by atoms with Crippen LogP contribution in [-0.4, -0.2) is 37.2 Å². The molecule has 80 heavy (non-hydrogen) atoms. The summed E-state index contributed by atoms with van der Waals surface area (Å²) in [4.78, 5) is 38.4. The highest BCUT2D eigenvalue weighted by molar-refractivity contribution is 5.71. The van der Waals surface area contributed by atoms with Crippen LogP contribution in [0.1, 0.15) is 348 Å². The predicted octanol–water partition coefficient (Wildman–Crippen LogP) is 23.8. The summed E-state index contributed by atoms with van der Waals surface area (Å²) in [5.41, 5.74) is 0. The van der Waals surface area contributed by atoms with Crippen molar-refractivity contribution in [2.24, 2.45) is 0 Å². The largest absolute Gasteiger partial charge is 0.462 e. The van der Waals surface area contributed by atoms with Gasteiger partial charge in [-0.2, -0.15) is 0 Å². The summed E-state index contributed by atoms with van der Waals surface area (Å²) in [6.07, 6.45) is 90.3. The molecule has 1 atom stereocenters. The highest BCUT2D eigenvalue weighted by Crippen LogP contribution is 2.18. The molecule has 0 heterocycles. The standard InChI is InChI=1S/C74H130O6/c1-4-7-10-13-16-19-22-25-28-31-33-34-35-36-37-38-39-41-43-46-49-52-55-58-61-64-67-73(76)79-70-71(69-78-72(75)66-63-60-57-54-51-48-45-42-30-27-24-21-18-15-12-9-6-3)80-74(77)68-65-62-59-56-53-50-47-44-40-32-29-26-23-20-17-14-11-8-5-2/h9,12,17-18,20-21,26-27,29-30,40,44-45,48,71H,4-8,10-11,13-16,19,22-25,28,31-39,41-43,46-47,49-70H2,1-3H3/b12-9-,20-17-,21-18-,29-26-,30-27-,44-40-,48-45-. The van der Waals surface area contributed by atoms with Gasteiger partial charge in [0, 0.05) is 19.3 Å². The van der Waals surface area contributed by atoms with Crippen LogP contribution in [0.15, 0.2) is 85.1 Å². The summed E-state index contributed by atoms with van der Waals surface area (Å²) in [5.74, 6) is -0.908. The molecule has 6 heteroatoms. The van der Waals surface area contributed by atoms with E-state index in [-0.39, 0.29) is 31.1 Å². The quantitative estimate of drug-likeness (QED) is 0.0261. The Hall–Kier alpha value is -3.41. The molecule has 0 aromatic heterocycles. The van der Waals surface area contributed by atoms with Gasteiger partial charge in [0.1, 0.15) is 13.2 Å². The molecular weight excluding hydrogens is 985 g/mol. The number of ether oxygens (including phenoxy) is 3. The first-order valence-electron chi connectivity index (χ1n) is 34.6. The average Bonchev–Trinajstić information content (AvgIpc) is 3.46. The van der Waals surface area contributed by atoms with Gasteiger partial charge >= 0.3 is 17.9 Å². The second-order valence-corrected chi connectivity index (χ2v) is 23.1. The van der Waals surface area contributed by atoms with Crippen LogP contribution in [0.2, 0.25) is 0 Å². The fourth-order valence-electron chi connectivity index (χ4n) is 9.97. The average molecular weight is 1120 g/mol. The number of unbranched alkanes of at least 4 members (excludes halogenated alkanes) is 38. The van der Waals surface area contributed by atoms with Gasteiger partial charge < -0.3 is 14.2 Å². The Morgan fingerprint density at radius 2 is 0.487 bits per heavy atom. The third kappa shape index (κ3) is 65.4. The van der Waals surface area contributed by atoms with E-state index in [1.807, 2.05) is 0 Å². The van der Waals surface area contributed by atoms with Gasteiger partial charge in [-0.05, 0) is 96.3 Å². The Morgan fingerprint density at radius 1 is 0.263 bits per heavy atom. The molecule has 0 spiro atoms. The summed E-state index contributed by atoms with van der Waals surface area (Å²) in [5, 5.41) is 0. The van der Waals surface area contributed by atoms with Crippen molar-refractivity contribution in [3.8, 4) is 0 Å². The van der Waals surface area contributed by atoms with Crippen LogP contribution >= 0.6 is 0 Å². The molecular formula is C74H130O6. The van der Waals surface area contributed by atoms with Crippen LogP contribution in [-0.2, 0) is 28.6 Å². The number of hydrogen-bond acceptors (Lipinski definition) is 6. The van der Waals surface area contributed by atoms with Gasteiger partial charge in [0.2, 0.25) is 0 Å². The van der Waals surface area contributed by atoms with Crippen molar-refractivity contribution >= 4 is 17.9 Å². The van der Waals surface area contributed by atoms with Crippen molar-refractivity contribution in [3.05, 3.63) is 85.1 Å². The molecule has 0 saturated carbocycles. The van der Waals surface area contributed by atoms with Crippen LogP contribution in [0, 0.1) is 0 Å². The van der Waals surface area contributed by atoms with Gasteiger partial charge in [-0.15, -0.1) is 0 Å². The van der Waals surface area contributed by atoms with Crippen molar-refractivity contribution in [2.75, 3.05) is 13.2 Å². The third-order valence-electron chi connectivity index (χ3n) is 15.1. The van der Waals surface area contributed by atoms with Gasteiger partial charge in [0.15, 0.2) is 6.10 Å². The summed E-state index contributed by atoms with van der Waals surface area (Å²) >= 11 is 0. The van der Waals surface area contributed by atoms with Gasteiger partial charge in [-0.25, -0.2) is 0 Å². The summed E-state index contributed by atoms with van der Waals surface area (Å²) in [6.45, 7) is 6.52. The molecule has 0 aliphatic carbocycles. The lowest BCUT2D eigenvalue weighted by Crippen LogP contribution is -2.30. The first kappa shape index (κ1) is 76.6. The second kappa shape index (κ2) is 68.1. The predicted molar refractivity (Wildman–Crippen MR) is 348 cm³/mol. The molecule has 1 unspecified atom stereocenters. The van der Waals surface area contributed by atoms with Crippen molar-refractivity contribution in [3.63, 3.8) is 0 Å². The molecule has 0 radical (unpaired) electrons. The van der Waals surface area contributed by atoms with E-state index in [0.29, 0.717) is 19.3 Å². The van der Waals surface area contributed by atoms with Gasteiger partial charge in [0.05, 0.1) is 0 Å². The zero-order valence-corrected chi connectivity index (χ0v) is 53.1. The Bertz CT molecular complexity index is 1520. The molecule has 0 N–H and O–H groups in total. The minimum Gasteiger partial charge on any atom is -0.462 e. The molecule has 0 aromatic carbocycles. The molecule has 0 fully saturated rings. The molecule has 0 bridgehead atoms.